The minimum absolute atomic E-state index is 0.0211. The number of allylic oxidation sites excluding steroid dienone is 1. The van der Waals surface area contributed by atoms with Gasteiger partial charge in [-0.2, -0.15) is 0 Å². The predicted molar refractivity (Wildman–Crippen MR) is 175 cm³/mol. The molecule has 1 heterocycles. The molecule has 3 aliphatic rings. The minimum atomic E-state index is -3.85. The second kappa shape index (κ2) is 12.1. The molecule has 1 unspecified atom stereocenters. The molecule has 4 atom stereocenters. The lowest BCUT2D eigenvalue weighted by Gasteiger charge is -2.53. The number of hydrogen-bond donors (Lipinski definition) is 0. The third-order valence-corrected chi connectivity index (χ3v) is 12.2. The van der Waals surface area contributed by atoms with E-state index in [0.717, 1.165) is 24.0 Å². The summed E-state index contributed by atoms with van der Waals surface area (Å²) in [6, 6.07) is 20.4. The van der Waals surface area contributed by atoms with Crippen LogP contribution in [0.5, 0.6) is 0 Å². The first kappa shape index (κ1) is 31.1. The number of hydrogen-bond acceptors (Lipinski definition) is 3. The summed E-state index contributed by atoms with van der Waals surface area (Å²) < 4.78 is 44.5. The Morgan fingerprint density at radius 1 is 1.00 bits per heavy atom. The summed E-state index contributed by atoms with van der Waals surface area (Å²) in [6.45, 7) is 5.92. The highest BCUT2D eigenvalue weighted by molar-refractivity contribution is 7.93. The number of likely N-dealkylation sites (tertiary alicyclic amines) is 1. The second-order valence-corrected chi connectivity index (χ2v) is 15.8. The molecule has 0 radical (unpaired) electrons. The van der Waals surface area contributed by atoms with Crippen molar-refractivity contribution >= 4 is 44.8 Å². The van der Waals surface area contributed by atoms with Gasteiger partial charge in [0.15, 0.2) is 0 Å². The molecule has 3 aromatic carbocycles. The van der Waals surface area contributed by atoms with E-state index in [2.05, 4.69) is 6.58 Å². The van der Waals surface area contributed by atoms with Crippen LogP contribution < -0.4 is 4.31 Å². The lowest BCUT2D eigenvalue weighted by Crippen LogP contribution is -2.59. The number of piperidine rings is 1. The van der Waals surface area contributed by atoms with Gasteiger partial charge in [-0.05, 0) is 92.0 Å². The van der Waals surface area contributed by atoms with Crippen LogP contribution >= 0.6 is 23.2 Å². The van der Waals surface area contributed by atoms with Crippen molar-refractivity contribution < 1.29 is 17.6 Å². The number of para-hydroxylation sites is 1. The molecule has 9 heteroatoms. The molecule has 2 saturated carbocycles. The number of anilines is 1. The molecule has 0 aromatic heterocycles. The molecule has 2 aliphatic carbocycles. The van der Waals surface area contributed by atoms with Gasteiger partial charge in [0, 0.05) is 16.0 Å². The molecule has 1 saturated heterocycles. The van der Waals surface area contributed by atoms with E-state index in [0.29, 0.717) is 35.7 Å². The summed E-state index contributed by atoms with van der Waals surface area (Å²) in [5, 5.41) is 0.640. The van der Waals surface area contributed by atoms with Crippen LogP contribution in [0.4, 0.5) is 10.1 Å². The standard InChI is InChI=1S/C35H37Cl2FN2O3S/c1-3-19-35(2)21-29(25-7-6-8-27(37)20-25)33(24-13-15-26(36)16-14-24)40(34(35)41)32(23-11-12-23)22-39(44(42,43)28-17-18-28)31-10-5-4-9-30(31)38/h3-10,13-16,20,23,28-29,32-33H,1,11-12,17-19,21-22H2,2H3/t29-,32-,33?,35+/m1/s1. The number of rotatable bonds is 11. The summed E-state index contributed by atoms with van der Waals surface area (Å²) in [6.07, 6.45) is 5.60. The Kier molecular flexibility index (Phi) is 8.59. The lowest BCUT2D eigenvalue weighted by atomic mass is 9.67. The second-order valence-electron chi connectivity index (χ2n) is 12.8. The normalized spacial score (nSPS) is 24.6. The zero-order valence-corrected chi connectivity index (χ0v) is 27.0. The molecule has 5 nitrogen and oxygen atoms in total. The molecule has 0 N–H and O–H groups in total. The van der Waals surface area contributed by atoms with E-state index < -0.39 is 38.6 Å². The molecule has 3 fully saturated rings. The van der Waals surface area contributed by atoms with E-state index in [1.165, 1.54) is 16.4 Å². The third-order valence-electron chi connectivity index (χ3n) is 9.44. The van der Waals surface area contributed by atoms with E-state index in [1.54, 1.807) is 18.2 Å². The van der Waals surface area contributed by atoms with Crippen molar-refractivity contribution in [2.45, 2.75) is 68.7 Å². The number of halogens is 3. The summed E-state index contributed by atoms with van der Waals surface area (Å²) in [7, 11) is -3.85. The van der Waals surface area contributed by atoms with E-state index in [4.69, 9.17) is 23.2 Å². The summed E-state index contributed by atoms with van der Waals surface area (Å²) in [5.41, 5.74) is 1.14. The highest BCUT2D eigenvalue weighted by atomic mass is 35.5. The molecule has 6 rings (SSSR count). The summed E-state index contributed by atoms with van der Waals surface area (Å²) in [4.78, 5) is 16.8. The maximum atomic E-state index is 15.3. The van der Waals surface area contributed by atoms with Crippen molar-refractivity contribution in [3.8, 4) is 0 Å². The Hall–Kier alpha value is -2.87. The van der Waals surface area contributed by atoms with Crippen LogP contribution in [0, 0.1) is 17.2 Å². The Bertz CT molecular complexity index is 1660. The van der Waals surface area contributed by atoms with Gasteiger partial charge >= 0.3 is 0 Å². The molecule has 0 bridgehead atoms. The molecule has 232 valence electrons. The van der Waals surface area contributed by atoms with E-state index in [1.807, 2.05) is 60.4 Å². The predicted octanol–water partition coefficient (Wildman–Crippen LogP) is 8.55. The first-order valence-corrected chi connectivity index (χ1v) is 17.5. The number of benzene rings is 3. The summed E-state index contributed by atoms with van der Waals surface area (Å²) >= 11 is 12.8. The fraction of sp³-hybridized carbons (Fsp3) is 0.400. The van der Waals surface area contributed by atoms with Crippen LogP contribution in [0.1, 0.15) is 68.5 Å². The highest BCUT2D eigenvalue weighted by Crippen LogP contribution is 2.54. The van der Waals surface area contributed by atoms with Crippen molar-refractivity contribution in [3.63, 3.8) is 0 Å². The minimum Gasteiger partial charge on any atom is -0.329 e. The summed E-state index contributed by atoms with van der Waals surface area (Å²) in [5.74, 6) is -0.729. The van der Waals surface area contributed by atoms with Gasteiger partial charge in [0.2, 0.25) is 15.9 Å². The van der Waals surface area contributed by atoms with Crippen molar-refractivity contribution in [1.29, 1.82) is 0 Å². The first-order valence-electron chi connectivity index (χ1n) is 15.2. The maximum Gasteiger partial charge on any atom is 0.238 e. The zero-order valence-electron chi connectivity index (χ0n) is 24.7. The molecular weight excluding hydrogens is 618 g/mol. The van der Waals surface area contributed by atoms with Gasteiger partial charge in [-0.1, -0.05) is 72.6 Å². The van der Waals surface area contributed by atoms with E-state index in [9.17, 15) is 13.2 Å². The van der Waals surface area contributed by atoms with Crippen LogP contribution in [0.3, 0.4) is 0 Å². The van der Waals surface area contributed by atoms with Crippen LogP contribution in [0.2, 0.25) is 10.0 Å². The number of amides is 1. The van der Waals surface area contributed by atoms with Crippen molar-refractivity contribution in [1.82, 2.24) is 4.90 Å². The number of carbonyl (C=O) groups excluding carboxylic acids is 1. The molecule has 0 spiro atoms. The van der Waals surface area contributed by atoms with Gasteiger partial charge in [0.25, 0.3) is 0 Å². The van der Waals surface area contributed by atoms with Crippen molar-refractivity contribution in [2.75, 3.05) is 10.8 Å². The smallest absolute Gasteiger partial charge is 0.238 e. The van der Waals surface area contributed by atoms with E-state index >= 15 is 4.39 Å². The van der Waals surface area contributed by atoms with Crippen LogP contribution in [0.25, 0.3) is 0 Å². The fourth-order valence-corrected chi connectivity index (χ4v) is 9.11. The Labute approximate surface area is 269 Å². The van der Waals surface area contributed by atoms with Gasteiger partial charge < -0.3 is 4.90 Å². The van der Waals surface area contributed by atoms with Crippen molar-refractivity contribution in [2.24, 2.45) is 11.3 Å². The van der Waals surface area contributed by atoms with Crippen LogP contribution in [-0.4, -0.2) is 37.1 Å². The zero-order chi connectivity index (χ0) is 31.2. The van der Waals surface area contributed by atoms with Crippen molar-refractivity contribution in [3.05, 3.63) is 112 Å². The van der Waals surface area contributed by atoms with E-state index in [-0.39, 0.29) is 30.0 Å². The number of nitrogens with zero attached hydrogens (tertiary/aromatic N) is 2. The topological polar surface area (TPSA) is 57.7 Å². The van der Waals surface area contributed by atoms with Gasteiger partial charge in [0.05, 0.1) is 35.0 Å². The fourth-order valence-electron chi connectivity index (χ4n) is 6.91. The Morgan fingerprint density at radius 2 is 1.70 bits per heavy atom. The molecule has 1 aliphatic heterocycles. The van der Waals surface area contributed by atoms with Gasteiger partial charge in [0.1, 0.15) is 5.82 Å². The Morgan fingerprint density at radius 3 is 2.32 bits per heavy atom. The SMILES string of the molecule is C=CC[C@@]1(C)C[C@H](c2cccc(Cl)c2)C(c2ccc(Cl)cc2)N([C@H](CN(c2ccccc2F)S(=O)(=O)C2CC2)C2CC2)C1=O. The third kappa shape index (κ3) is 6.03. The Balaban J connectivity index is 1.53. The molecule has 44 heavy (non-hydrogen) atoms. The monoisotopic (exact) mass is 654 g/mol. The average molecular weight is 656 g/mol. The van der Waals surface area contributed by atoms with Crippen LogP contribution in [-0.2, 0) is 14.8 Å². The molecular formula is C35H37Cl2FN2O3S. The molecule has 3 aromatic rings. The molecule has 1 amide bonds. The maximum absolute atomic E-state index is 15.3. The van der Waals surface area contributed by atoms with Gasteiger partial charge in [-0.15, -0.1) is 6.58 Å². The lowest BCUT2D eigenvalue weighted by molar-refractivity contribution is -0.154. The largest absolute Gasteiger partial charge is 0.329 e. The first-order chi connectivity index (χ1) is 21.0. The highest BCUT2D eigenvalue weighted by Gasteiger charge is 2.54. The van der Waals surface area contributed by atoms with Crippen LogP contribution in [0.15, 0.2) is 85.5 Å². The average Bonchev–Trinajstić information content (AvgIpc) is 3.90. The van der Waals surface area contributed by atoms with Gasteiger partial charge in [-0.25, -0.2) is 12.8 Å². The number of carbonyl (C=O) groups is 1. The van der Waals surface area contributed by atoms with Gasteiger partial charge in [-0.3, -0.25) is 9.10 Å². The quantitative estimate of drug-likeness (QED) is 0.195. The number of sulfonamides is 1.